The molecule has 0 aliphatic heterocycles. The molecule has 0 atom stereocenters. The topological polar surface area (TPSA) is 25.5 Å². The molecule has 4 heteroatoms. The zero-order valence-corrected chi connectivity index (χ0v) is 29.9. The van der Waals surface area contributed by atoms with Crippen molar-refractivity contribution >= 4 is 66.5 Å². The van der Waals surface area contributed by atoms with Crippen molar-refractivity contribution < 1.29 is 0 Å². The Morgan fingerprint density at radius 3 is 1.47 bits per heavy atom. The molecular weight excluding hydrogens is 669 g/mol. The summed E-state index contributed by atoms with van der Waals surface area (Å²) in [6, 6.07) is 73.8. The van der Waals surface area contributed by atoms with Crippen molar-refractivity contribution in [3.05, 3.63) is 206 Å². The van der Waals surface area contributed by atoms with Crippen LogP contribution >= 0.6 is 0 Å². The van der Waals surface area contributed by atoms with Gasteiger partial charge >= 0.3 is 0 Å². The Labute approximate surface area is 318 Å². The number of aromatic nitrogens is 3. The zero-order chi connectivity index (χ0) is 36.3. The largest absolute Gasteiger partial charge is 0.310 e. The van der Waals surface area contributed by atoms with Crippen molar-refractivity contribution in [1.29, 1.82) is 0 Å². The molecule has 3 aromatic heterocycles. The molecule has 0 spiro atoms. The first-order valence-corrected chi connectivity index (χ1v) is 18.7. The van der Waals surface area contributed by atoms with Crippen LogP contribution in [0.1, 0.15) is 0 Å². The number of para-hydroxylation sites is 2. The highest BCUT2D eigenvalue weighted by Crippen LogP contribution is 2.42. The average Bonchev–Trinajstić information content (AvgIpc) is 3.81. The molecule has 0 fully saturated rings. The number of hydrogen-bond donors (Lipinski definition) is 0. The van der Waals surface area contributed by atoms with Gasteiger partial charge in [-0.15, -0.1) is 0 Å². The van der Waals surface area contributed by atoms with E-state index in [4.69, 9.17) is 4.98 Å². The number of anilines is 3. The zero-order valence-electron chi connectivity index (χ0n) is 29.9. The Morgan fingerprint density at radius 2 is 0.855 bits per heavy atom. The first kappa shape index (κ1) is 31.1. The third-order valence-corrected chi connectivity index (χ3v) is 10.9. The van der Waals surface area contributed by atoms with E-state index in [1.165, 1.54) is 27.6 Å². The molecule has 0 saturated carbocycles. The molecule has 258 valence electrons. The molecular formula is C51H34N4. The van der Waals surface area contributed by atoms with Gasteiger partial charge in [-0.25, -0.2) is 4.98 Å². The maximum Gasteiger partial charge on any atom is 0.151 e. The SMILES string of the molecule is c1ccc(-c2ccc(N(c3ccc(-c4ccccc4)cc3)c3ccc4c(c3)c3ccccc3c3nc5c6ccccc6n(-c6ccccc6)c5n43)cc2)cc1. The molecule has 11 aromatic rings. The van der Waals surface area contributed by atoms with E-state index in [2.05, 4.69) is 220 Å². The predicted molar refractivity (Wildman–Crippen MR) is 230 cm³/mol. The first-order valence-electron chi connectivity index (χ1n) is 18.7. The number of fused-ring (bicyclic) bond motifs is 10. The van der Waals surface area contributed by atoms with E-state index in [-0.39, 0.29) is 0 Å². The highest BCUT2D eigenvalue weighted by molar-refractivity contribution is 6.17. The minimum atomic E-state index is 0.959. The van der Waals surface area contributed by atoms with Crippen molar-refractivity contribution in [2.75, 3.05) is 4.90 Å². The van der Waals surface area contributed by atoms with E-state index in [1.54, 1.807) is 0 Å². The number of rotatable bonds is 6. The standard InChI is InChI=1S/C51H34N4/c1-4-14-35(15-5-1)37-24-28-40(29-25-37)53(41-30-26-38(27-31-41)36-16-6-2-7-17-36)42-32-33-48-46(34-42)43-20-10-11-21-44(43)50-52-49-45-22-12-13-23-47(45)54(51(49)55(48)50)39-18-8-3-9-19-39/h1-34H. The van der Waals surface area contributed by atoms with Crippen LogP contribution in [0.4, 0.5) is 17.1 Å². The summed E-state index contributed by atoms with van der Waals surface area (Å²) in [4.78, 5) is 7.79. The van der Waals surface area contributed by atoms with Gasteiger partial charge in [0.2, 0.25) is 0 Å². The molecule has 55 heavy (non-hydrogen) atoms. The van der Waals surface area contributed by atoms with Crippen molar-refractivity contribution in [3.8, 4) is 27.9 Å². The van der Waals surface area contributed by atoms with Crippen LogP contribution < -0.4 is 4.90 Å². The van der Waals surface area contributed by atoms with Crippen molar-refractivity contribution in [2.24, 2.45) is 0 Å². The van der Waals surface area contributed by atoms with Gasteiger partial charge in [0.25, 0.3) is 0 Å². The molecule has 0 bridgehead atoms. The molecule has 0 amide bonds. The molecule has 3 heterocycles. The number of benzene rings is 8. The molecule has 0 unspecified atom stereocenters. The van der Waals surface area contributed by atoms with E-state index in [1.807, 2.05) is 0 Å². The third kappa shape index (κ3) is 5.03. The van der Waals surface area contributed by atoms with Crippen LogP contribution in [0.25, 0.3) is 77.3 Å². The lowest BCUT2D eigenvalue weighted by molar-refractivity contribution is 1.12. The van der Waals surface area contributed by atoms with Crippen molar-refractivity contribution in [3.63, 3.8) is 0 Å². The number of pyridine rings is 1. The van der Waals surface area contributed by atoms with Gasteiger partial charge in [0.05, 0.1) is 11.0 Å². The Bertz CT molecular complexity index is 3080. The highest BCUT2D eigenvalue weighted by Gasteiger charge is 2.22. The third-order valence-electron chi connectivity index (χ3n) is 10.9. The van der Waals surface area contributed by atoms with E-state index in [0.29, 0.717) is 0 Å². The maximum absolute atomic E-state index is 5.42. The van der Waals surface area contributed by atoms with E-state index >= 15 is 0 Å². The second kappa shape index (κ2) is 12.6. The lowest BCUT2D eigenvalue weighted by atomic mass is 10.0. The van der Waals surface area contributed by atoms with Gasteiger partial charge in [-0.05, 0) is 88.3 Å². The maximum atomic E-state index is 5.42. The summed E-state index contributed by atoms with van der Waals surface area (Å²) in [5.41, 5.74) is 14.4. The average molecular weight is 703 g/mol. The van der Waals surface area contributed by atoms with Crippen LogP contribution in [0.5, 0.6) is 0 Å². The van der Waals surface area contributed by atoms with Crippen molar-refractivity contribution in [1.82, 2.24) is 14.0 Å². The molecule has 0 aliphatic carbocycles. The summed E-state index contributed by atoms with van der Waals surface area (Å²) in [6.07, 6.45) is 0. The quantitative estimate of drug-likeness (QED) is 0.161. The van der Waals surface area contributed by atoms with Crippen LogP contribution in [0.15, 0.2) is 206 Å². The fraction of sp³-hybridized carbons (Fsp3) is 0. The summed E-state index contributed by atoms with van der Waals surface area (Å²) >= 11 is 0. The van der Waals surface area contributed by atoms with Crippen LogP contribution in [0.3, 0.4) is 0 Å². The fourth-order valence-corrected chi connectivity index (χ4v) is 8.33. The van der Waals surface area contributed by atoms with E-state index < -0.39 is 0 Å². The molecule has 0 N–H and O–H groups in total. The Morgan fingerprint density at radius 1 is 0.364 bits per heavy atom. The summed E-state index contributed by atoms with van der Waals surface area (Å²) in [5, 5.41) is 4.60. The second-order valence-electron chi connectivity index (χ2n) is 14.0. The summed E-state index contributed by atoms with van der Waals surface area (Å²) < 4.78 is 4.74. The normalized spacial score (nSPS) is 11.6. The highest BCUT2D eigenvalue weighted by atomic mass is 15.2. The van der Waals surface area contributed by atoms with Crippen LogP contribution in [-0.2, 0) is 0 Å². The number of imidazole rings is 1. The molecule has 0 saturated heterocycles. The van der Waals surface area contributed by atoms with E-state index in [9.17, 15) is 0 Å². The summed E-state index contributed by atoms with van der Waals surface area (Å²) in [7, 11) is 0. The minimum absolute atomic E-state index is 0.959. The number of nitrogens with zero attached hydrogens (tertiary/aromatic N) is 4. The molecule has 0 radical (unpaired) electrons. The van der Waals surface area contributed by atoms with Crippen LogP contribution in [0.2, 0.25) is 0 Å². The van der Waals surface area contributed by atoms with Gasteiger partial charge in [-0.1, -0.05) is 146 Å². The van der Waals surface area contributed by atoms with Crippen molar-refractivity contribution in [2.45, 2.75) is 0 Å². The Hall–Kier alpha value is -7.43. The van der Waals surface area contributed by atoms with Gasteiger partial charge in [0, 0.05) is 38.9 Å². The lowest BCUT2D eigenvalue weighted by Crippen LogP contribution is -2.10. The Balaban J connectivity index is 1.16. The monoisotopic (exact) mass is 702 g/mol. The fourth-order valence-electron chi connectivity index (χ4n) is 8.33. The van der Waals surface area contributed by atoms with E-state index in [0.717, 1.165) is 66.8 Å². The molecule has 11 rings (SSSR count). The summed E-state index contributed by atoms with van der Waals surface area (Å²) in [5.74, 6) is 0. The smallest absolute Gasteiger partial charge is 0.151 e. The van der Waals surface area contributed by atoms with Crippen LogP contribution in [-0.4, -0.2) is 14.0 Å². The molecule has 8 aromatic carbocycles. The minimum Gasteiger partial charge on any atom is -0.310 e. The number of hydrogen-bond acceptors (Lipinski definition) is 2. The van der Waals surface area contributed by atoms with Gasteiger partial charge < -0.3 is 4.90 Å². The Kier molecular flexibility index (Phi) is 7.14. The lowest BCUT2D eigenvalue weighted by Gasteiger charge is -2.26. The summed E-state index contributed by atoms with van der Waals surface area (Å²) in [6.45, 7) is 0. The molecule has 4 nitrogen and oxygen atoms in total. The first-order chi connectivity index (χ1) is 27.3. The predicted octanol–water partition coefficient (Wildman–Crippen LogP) is 13.5. The molecule has 0 aliphatic rings. The van der Waals surface area contributed by atoms with Gasteiger partial charge in [0.15, 0.2) is 5.65 Å². The second-order valence-corrected chi connectivity index (χ2v) is 14.0. The van der Waals surface area contributed by atoms with Gasteiger partial charge in [-0.2, -0.15) is 0 Å². The van der Waals surface area contributed by atoms with Gasteiger partial charge in [0.1, 0.15) is 11.2 Å². The van der Waals surface area contributed by atoms with Gasteiger partial charge in [-0.3, -0.25) is 8.97 Å². The van der Waals surface area contributed by atoms with Crippen LogP contribution in [0, 0.1) is 0 Å².